The van der Waals surface area contributed by atoms with Crippen LogP contribution in [0.2, 0.25) is 0 Å². The first kappa shape index (κ1) is 33.0. The standard InChI is InChI=1S/C51H46N2Si/c1-37-28-30-47-44(34-37)45-36-39(53-49-27-14-13-26-46(49)50(2)32-15-16-33-51(50,53)3)29-31-48(45)52(47)38-18-17-25-43(35-38)54(40-19-7-4-8-20-40,41-21-9-5-10-22-41)42-23-11-6-12-24-42/h4-14,17-31,34-36H,15-16,32-33H2,1-3H3. The van der Waals surface area contributed by atoms with E-state index in [1.165, 1.54) is 96.4 Å². The molecule has 1 aliphatic heterocycles. The number of aryl methyl sites for hydroxylation is 1. The van der Waals surface area contributed by atoms with Crippen LogP contribution in [0.4, 0.5) is 11.4 Å². The third-order valence-corrected chi connectivity index (χ3v) is 18.1. The normalized spacial score (nSPS) is 19.6. The SMILES string of the molecule is Cc1ccc2c(c1)c1cc(N3c4ccccc4C4(C)CCCCC34C)ccc1n2-c1cccc([Si](c2ccccc2)(c2ccccc2)c2ccccc2)c1. The highest BCUT2D eigenvalue weighted by atomic mass is 28.3. The van der Waals surface area contributed by atoms with E-state index in [4.69, 9.17) is 0 Å². The van der Waals surface area contributed by atoms with E-state index >= 15 is 0 Å². The van der Waals surface area contributed by atoms with Crippen molar-refractivity contribution in [3.8, 4) is 5.69 Å². The number of hydrogen-bond acceptors (Lipinski definition) is 1. The maximum Gasteiger partial charge on any atom is 0.179 e. The highest BCUT2D eigenvalue weighted by Crippen LogP contribution is 2.60. The number of nitrogens with zero attached hydrogens (tertiary/aromatic N) is 2. The molecule has 10 rings (SSSR count). The molecule has 3 heteroatoms. The topological polar surface area (TPSA) is 8.17 Å². The summed E-state index contributed by atoms with van der Waals surface area (Å²) in [6, 6.07) is 66.7. The third-order valence-electron chi connectivity index (χ3n) is 13.3. The van der Waals surface area contributed by atoms with Gasteiger partial charge < -0.3 is 9.47 Å². The van der Waals surface area contributed by atoms with Crippen LogP contribution in [-0.4, -0.2) is 18.2 Å². The van der Waals surface area contributed by atoms with Gasteiger partial charge in [-0.05, 0) is 102 Å². The Morgan fingerprint density at radius 3 is 1.70 bits per heavy atom. The van der Waals surface area contributed by atoms with Gasteiger partial charge in [0.25, 0.3) is 0 Å². The highest BCUT2D eigenvalue weighted by molar-refractivity contribution is 7.19. The molecule has 0 saturated heterocycles. The lowest BCUT2D eigenvalue weighted by atomic mass is 9.61. The monoisotopic (exact) mass is 714 g/mol. The van der Waals surface area contributed by atoms with E-state index in [0.29, 0.717) is 0 Å². The first-order chi connectivity index (χ1) is 26.4. The zero-order valence-corrected chi connectivity index (χ0v) is 32.5. The molecule has 7 aromatic carbocycles. The average molecular weight is 715 g/mol. The number of anilines is 2. The van der Waals surface area contributed by atoms with Crippen LogP contribution in [-0.2, 0) is 5.41 Å². The van der Waals surface area contributed by atoms with E-state index in [1.807, 2.05) is 0 Å². The molecule has 264 valence electrons. The van der Waals surface area contributed by atoms with Gasteiger partial charge in [-0.2, -0.15) is 0 Å². The quantitative estimate of drug-likeness (QED) is 0.123. The van der Waals surface area contributed by atoms with Crippen LogP contribution < -0.4 is 25.6 Å². The van der Waals surface area contributed by atoms with Crippen molar-refractivity contribution in [2.24, 2.45) is 0 Å². The number of benzene rings is 7. The van der Waals surface area contributed by atoms with Crippen molar-refractivity contribution in [2.45, 2.75) is 57.4 Å². The molecule has 1 saturated carbocycles. The molecule has 2 unspecified atom stereocenters. The predicted octanol–water partition coefficient (Wildman–Crippen LogP) is 10.2. The number of hydrogen-bond donors (Lipinski definition) is 0. The van der Waals surface area contributed by atoms with Crippen LogP contribution in [0.3, 0.4) is 0 Å². The second kappa shape index (κ2) is 12.5. The molecule has 0 radical (unpaired) electrons. The molecule has 2 heterocycles. The summed E-state index contributed by atoms with van der Waals surface area (Å²) < 4.78 is 2.52. The predicted molar refractivity (Wildman–Crippen MR) is 232 cm³/mol. The smallest absolute Gasteiger partial charge is 0.179 e. The van der Waals surface area contributed by atoms with Crippen molar-refractivity contribution in [1.29, 1.82) is 0 Å². The molecule has 54 heavy (non-hydrogen) atoms. The van der Waals surface area contributed by atoms with Gasteiger partial charge in [-0.1, -0.05) is 153 Å². The maximum atomic E-state index is 2.71. The lowest BCUT2D eigenvalue weighted by Gasteiger charge is -2.50. The van der Waals surface area contributed by atoms with E-state index in [-0.39, 0.29) is 11.0 Å². The minimum absolute atomic E-state index is 0.0193. The summed E-state index contributed by atoms with van der Waals surface area (Å²) in [6.07, 6.45) is 4.99. The zero-order chi connectivity index (χ0) is 36.5. The molecule has 8 aromatic rings. The number of fused-ring (bicyclic) bond motifs is 6. The van der Waals surface area contributed by atoms with Crippen LogP contribution in [0.5, 0.6) is 0 Å². The van der Waals surface area contributed by atoms with E-state index in [0.717, 1.165) is 0 Å². The Bertz CT molecular complexity index is 2570. The molecular weight excluding hydrogens is 669 g/mol. The van der Waals surface area contributed by atoms with Crippen LogP contribution in [0, 0.1) is 6.92 Å². The Morgan fingerprint density at radius 2 is 1.04 bits per heavy atom. The Balaban J connectivity index is 1.21. The van der Waals surface area contributed by atoms with Gasteiger partial charge in [-0.25, -0.2) is 0 Å². The van der Waals surface area contributed by atoms with Crippen molar-refractivity contribution in [1.82, 2.24) is 4.57 Å². The molecule has 0 amide bonds. The summed E-state index contributed by atoms with van der Waals surface area (Å²) in [5.41, 5.74) is 9.27. The summed E-state index contributed by atoms with van der Waals surface area (Å²) in [6.45, 7) is 7.27. The van der Waals surface area contributed by atoms with Gasteiger partial charge in [0.1, 0.15) is 0 Å². The maximum absolute atomic E-state index is 2.71. The van der Waals surface area contributed by atoms with Crippen LogP contribution in [0.1, 0.15) is 50.7 Å². The van der Waals surface area contributed by atoms with Crippen molar-refractivity contribution in [3.05, 3.63) is 187 Å². The Labute approximate surface area is 320 Å². The number of para-hydroxylation sites is 1. The Morgan fingerprint density at radius 1 is 0.481 bits per heavy atom. The fraction of sp³-hybridized carbons (Fsp3) is 0.176. The van der Waals surface area contributed by atoms with Crippen molar-refractivity contribution >= 4 is 62.0 Å². The summed E-state index contributed by atoms with van der Waals surface area (Å²) in [5, 5.41) is 8.14. The lowest BCUT2D eigenvalue weighted by molar-refractivity contribution is 0.195. The lowest BCUT2D eigenvalue weighted by Crippen LogP contribution is -2.74. The Kier molecular flexibility index (Phi) is 7.61. The van der Waals surface area contributed by atoms with Gasteiger partial charge >= 0.3 is 0 Å². The summed E-state index contributed by atoms with van der Waals surface area (Å²) >= 11 is 0. The molecule has 1 aromatic heterocycles. The molecule has 0 spiro atoms. The second-order valence-electron chi connectivity index (χ2n) is 16.1. The molecule has 2 nitrogen and oxygen atoms in total. The first-order valence-corrected chi connectivity index (χ1v) is 21.7. The van der Waals surface area contributed by atoms with E-state index in [1.54, 1.807) is 0 Å². The van der Waals surface area contributed by atoms with Crippen LogP contribution in [0.15, 0.2) is 176 Å². The molecule has 1 fully saturated rings. The van der Waals surface area contributed by atoms with Gasteiger partial charge in [0.15, 0.2) is 8.07 Å². The summed E-state index contributed by atoms with van der Waals surface area (Å²) in [5.74, 6) is 0. The van der Waals surface area contributed by atoms with Crippen molar-refractivity contribution < 1.29 is 0 Å². The second-order valence-corrected chi connectivity index (χ2v) is 19.9. The van der Waals surface area contributed by atoms with Gasteiger partial charge in [-0.3, -0.25) is 0 Å². The molecule has 0 N–H and O–H groups in total. The molecule has 2 atom stereocenters. The summed E-state index contributed by atoms with van der Waals surface area (Å²) in [7, 11) is -2.70. The Hall–Kier alpha value is -5.64. The average Bonchev–Trinajstić information content (AvgIpc) is 3.65. The third kappa shape index (κ3) is 4.64. The fourth-order valence-electron chi connectivity index (χ4n) is 10.6. The number of rotatable bonds is 6. The summed E-state index contributed by atoms with van der Waals surface area (Å²) in [4.78, 5) is 2.71. The minimum atomic E-state index is -2.70. The van der Waals surface area contributed by atoms with Crippen LogP contribution >= 0.6 is 0 Å². The molecule has 2 aliphatic rings. The molecule has 1 aliphatic carbocycles. The van der Waals surface area contributed by atoms with E-state index in [9.17, 15) is 0 Å². The van der Waals surface area contributed by atoms with Crippen molar-refractivity contribution in [2.75, 3.05) is 4.90 Å². The number of aromatic nitrogens is 1. The van der Waals surface area contributed by atoms with Crippen molar-refractivity contribution in [3.63, 3.8) is 0 Å². The molecular formula is C51H46N2Si. The highest BCUT2D eigenvalue weighted by Gasteiger charge is 2.57. The van der Waals surface area contributed by atoms with Gasteiger partial charge in [-0.15, -0.1) is 0 Å². The first-order valence-electron chi connectivity index (χ1n) is 19.7. The fourth-order valence-corrected chi connectivity index (χ4v) is 15.4. The van der Waals surface area contributed by atoms with E-state index < -0.39 is 8.07 Å². The minimum Gasteiger partial charge on any atom is -0.334 e. The van der Waals surface area contributed by atoms with Gasteiger partial charge in [0.2, 0.25) is 0 Å². The largest absolute Gasteiger partial charge is 0.334 e. The van der Waals surface area contributed by atoms with E-state index in [2.05, 4.69) is 206 Å². The van der Waals surface area contributed by atoms with Gasteiger partial charge in [0.05, 0.1) is 16.6 Å². The van der Waals surface area contributed by atoms with Gasteiger partial charge in [0, 0.05) is 33.2 Å². The van der Waals surface area contributed by atoms with Crippen LogP contribution in [0.25, 0.3) is 27.5 Å². The zero-order valence-electron chi connectivity index (χ0n) is 31.5. The molecule has 0 bridgehead atoms.